The molecule has 2 fully saturated rings. The van der Waals surface area contributed by atoms with Crippen LogP contribution in [0.5, 0.6) is 5.75 Å². The van der Waals surface area contributed by atoms with E-state index in [9.17, 15) is 14.3 Å². The first kappa shape index (κ1) is 23.3. The fraction of sp³-hybridized carbons (Fsp3) is 0.385. The SMILES string of the molecule is COc1cc(F)cc(CN2C(=O)N(c3ccc(-c4cn[nH]c4)cc3)CC23CCN(CCO)CC3)c1. The van der Waals surface area contributed by atoms with Gasteiger partial charge in [-0.25, -0.2) is 9.18 Å². The zero-order valence-corrected chi connectivity index (χ0v) is 19.8. The van der Waals surface area contributed by atoms with Gasteiger partial charge in [-0.3, -0.25) is 10.00 Å². The third kappa shape index (κ3) is 4.61. The molecule has 0 saturated carbocycles. The van der Waals surface area contributed by atoms with E-state index in [1.165, 1.54) is 19.2 Å². The molecule has 2 aliphatic rings. The largest absolute Gasteiger partial charge is 0.497 e. The van der Waals surface area contributed by atoms with Crippen LogP contribution < -0.4 is 9.64 Å². The first-order valence-corrected chi connectivity index (χ1v) is 11.9. The molecule has 0 bridgehead atoms. The lowest BCUT2D eigenvalue weighted by Crippen LogP contribution is -2.54. The molecule has 2 saturated heterocycles. The number of nitrogens with one attached hydrogen (secondary N) is 1. The third-order valence-corrected chi connectivity index (χ3v) is 7.21. The molecular formula is C26H30FN5O3. The Morgan fingerprint density at radius 3 is 2.57 bits per heavy atom. The monoisotopic (exact) mass is 479 g/mol. The quantitative estimate of drug-likeness (QED) is 0.542. The number of aliphatic hydroxyl groups is 1. The number of methoxy groups -OCH3 is 1. The van der Waals surface area contributed by atoms with Gasteiger partial charge >= 0.3 is 6.03 Å². The minimum absolute atomic E-state index is 0.0834. The first-order chi connectivity index (χ1) is 17.0. The Hall–Kier alpha value is -3.43. The number of H-pyrrole nitrogens is 1. The second-order valence-electron chi connectivity index (χ2n) is 9.28. The lowest BCUT2D eigenvalue weighted by molar-refractivity contribution is 0.0640. The Morgan fingerprint density at radius 2 is 1.91 bits per heavy atom. The van der Waals surface area contributed by atoms with Gasteiger partial charge in [0.2, 0.25) is 0 Å². The first-order valence-electron chi connectivity index (χ1n) is 11.9. The van der Waals surface area contributed by atoms with E-state index in [1.54, 1.807) is 12.3 Å². The number of hydrogen-bond donors (Lipinski definition) is 2. The highest BCUT2D eigenvalue weighted by atomic mass is 19.1. The van der Waals surface area contributed by atoms with Crippen LogP contribution in [0.4, 0.5) is 14.9 Å². The third-order valence-electron chi connectivity index (χ3n) is 7.21. The summed E-state index contributed by atoms with van der Waals surface area (Å²) in [6, 6.07) is 12.4. The summed E-state index contributed by atoms with van der Waals surface area (Å²) < 4.78 is 19.5. The Morgan fingerprint density at radius 1 is 1.14 bits per heavy atom. The molecule has 9 heteroatoms. The smallest absolute Gasteiger partial charge is 0.325 e. The van der Waals surface area contributed by atoms with Gasteiger partial charge in [0, 0.05) is 49.7 Å². The fourth-order valence-electron chi connectivity index (χ4n) is 5.25. The van der Waals surface area contributed by atoms with Crippen LogP contribution in [-0.4, -0.2) is 76.6 Å². The van der Waals surface area contributed by atoms with Gasteiger partial charge in [-0.15, -0.1) is 0 Å². The summed E-state index contributed by atoms with van der Waals surface area (Å²) in [5.74, 6) is 0.0506. The number of carbonyl (C=O) groups is 1. The van der Waals surface area contributed by atoms with E-state index in [0.717, 1.165) is 42.7 Å². The summed E-state index contributed by atoms with van der Waals surface area (Å²) in [6.45, 7) is 3.21. The van der Waals surface area contributed by atoms with Crippen molar-refractivity contribution in [3.63, 3.8) is 0 Å². The molecule has 184 valence electrons. The van der Waals surface area contributed by atoms with E-state index < -0.39 is 0 Å². The number of hydrogen-bond acceptors (Lipinski definition) is 5. The molecule has 0 atom stereocenters. The average Bonchev–Trinajstić information content (AvgIpc) is 3.49. The summed E-state index contributed by atoms with van der Waals surface area (Å²) in [4.78, 5) is 19.8. The number of benzene rings is 2. The van der Waals surface area contributed by atoms with Crippen LogP contribution in [-0.2, 0) is 6.54 Å². The Labute approximate surface area is 203 Å². The van der Waals surface area contributed by atoms with Crippen LogP contribution in [0.15, 0.2) is 54.9 Å². The number of aromatic amines is 1. The minimum atomic E-state index is -0.385. The Balaban J connectivity index is 1.44. The van der Waals surface area contributed by atoms with Gasteiger partial charge in [0.25, 0.3) is 0 Å². The molecule has 2 aliphatic heterocycles. The van der Waals surface area contributed by atoms with Crippen molar-refractivity contribution in [2.45, 2.75) is 24.9 Å². The molecule has 0 unspecified atom stereocenters. The van der Waals surface area contributed by atoms with Crippen LogP contribution in [0.3, 0.4) is 0 Å². The zero-order chi connectivity index (χ0) is 24.4. The van der Waals surface area contributed by atoms with Gasteiger partial charge in [0.15, 0.2) is 0 Å². The van der Waals surface area contributed by atoms with Crippen molar-refractivity contribution in [2.75, 3.05) is 44.8 Å². The normalized spacial score (nSPS) is 18.0. The second kappa shape index (κ2) is 9.67. The molecule has 0 aliphatic carbocycles. The summed E-state index contributed by atoms with van der Waals surface area (Å²) in [7, 11) is 1.51. The van der Waals surface area contributed by atoms with E-state index in [-0.39, 0.29) is 24.0 Å². The van der Waals surface area contributed by atoms with Gasteiger partial charge in [0.05, 0.1) is 32.0 Å². The summed E-state index contributed by atoms with van der Waals surface area (Å²) >= 11 is 0. The number of ether oxygens (including phenoxy) is 1. The Bertz CT molecular complexity index is 1160. The van der Waals surface area contributed by atoms with Crippen molar-refractivity contribution in [1.29, 1.82) is 0 Å². The number of β-amino-alcohol motifs (C(OH)–C–C–N with tert-alkyl or cyclic N) is 1. The number of urea groups is 1. The number of halogens is 1. The highest BCUT2D eigenvalue weighted by molar-refractivity contribution is 5.95. The van der Waals surface area contributed by atoms with Crippen molar-refractivity contribution in [1.82, 2.24) is 20.0 Å². The zero-order valence-electron chi connectivity index (χ0n) is 19.8. The van der Waals surface area contributed by atoms with Gasteiger partial charge in [-0.1, -0.05) is 12.1 Å². The molecule has 5 rings (SSSR count). The molecule has 3 aromatic rings. The topological polar surface area (TPSA) is 84.9 Å². The van der Waals surface area contributed by atoms with Crippen molar-refractivity contribution >= 4 is 11.7 Å². The molecular weight excluding hydrogens is 449 g/mol. The number of likely N-dealkylation sites (tertiary alicyclic amines) is 1. The number of aliphatic hydroxyl groups excluding tert-OH is 1. The van der Waals surface area contributed by atoms with Crippen molar-refractivity contribution in [2.24, 2.45) is 0 Å². The van der Waals surface area contributed by atoms with Crippen LogP contribution in [0.25, 0.3) is 11.1 Å². The van der Waals surface area contributed by atoms with Crippen LogP contribution in [0.2, 0.25) is 0 Å². The number of rotatable bonds is 7. The molecule has 35 heavy (non-hydrogen) atoms. The molecule has 0 radical (unpaired) electrons. The van der Waals surface area contributed by atoms with Crippen LogP contribution in [0.1, 0.15) is 18.4 Å². The second-order valence-corrected chi connectivity index (χ2v) is 9.28. The molecule has 3 heterocycles. The van der Waals surface area contributed by atoms with E-state index in [2.05, 4.69) is 15.1 Å². The lowest BCUT2D eigenvalue weighted by Gasteiger charge is -2.43. The van der Waals surface area contributed by atoms with E-state index in [0.29, 0.717) is 30.9 Å². The van der Waals surface area contributed by atoms with Gasteiger partial charge in [-0.2, -0.15) is 5.10 Å². The van der Waals surface area contributed by atoms with E-state index in [4.69, 9.17) is 4.74 Å². The maximum absolute atomic E-state index is 14.2. The van der Waals surface area contributed by atoms with Gasteiger partial charge < -0.3 is 19.6 Å². The molecule has 1 spiro atoms. The predicted octanol–water partition coefficient (Wildman–Crippen LogP) is 3.49. The van der Waals surface area contributed by atoms with Crippen LogP contribution >= 0.6 is 0 Å². The van der Waals surface area contributed by atoms with E-state index >= 15 is 0 Å². The number of carbonyl (C=O) groups excluding carboxylic acids is 1. The number of piperidine rings is 1. The van der Waals surface area contributed by atoms with Gasteiger partial charge in [0.1, 0.15) is 11.6 Å². The molecule has 2 aromatic carbocycles. The van der Waals surface area contributed by atoms with Crippen LogP contribution in [0, 0.1) is 5.82 Å². The minimum Gasteiger partial charge on any atom is -0.497 e. The molecule has 1 aromatic heterocycles. The van der Waals surface area contributed by atoms with Crippen molar-refractivity contribution in [3.05, 3.63) is 66.2 Å². The Kier molecular flexibility index (Phi) is 6.44. The maximum atomic E-state index is 14.2. The molecule has 8 nitrogen and oxygen atoms in total. The number of anilines is 1. The lowest BCUT2D eigenvalue weighted by atomic mass is 9.86. The number of amides is 2. The summed E-state index contributed by atoms with van der Waals surface area (Å²) in [6.07, 6.45) is 5.17. The van der Waals surface area contributed by atoms with E-state index in [1.807, 2.05) is 40.3 Å². The highest BCUT2D eigenvalue weighted by Crippen LogP contribution is 2.40. The standard InChI is InChI=1S/C26H30FN5O3/c1-35-24-13-19(12-22(27)14-24)17-32-25(34)31(18-26(32)6-8-30(9-7-26)10-11-33)23-4-2-20(3-5-23)21-15-28-29-16-21/h2-5,12-16,33H,6-11,17-18H2,1H3,(H,28,29). The summed E-state index contributed by atoms with van der Waals surface area (Å²) in [5, 5.41) is 16.2. The number of nitrogens with zero attached hydrogens (tertiary/aromatic N) is 4. The fourth-order valence-corrected chi connectivity index (χ4v) is 5.25. The summed E-state index contributed by atoms with van der Waals surface area (Å²) in [5.41, 5.74) is 3.16. The maximum Gasteiger partial charge on any atom is 0.325 e. The predicted molar refractivity (Wildman–Crippen MR) is 131 cm³/mol. The van der Waals surface area contributed by atoms with Crippen molar-refractivity contribution in [3.8, 4) is 16.9 Å². The molecule has 2 N–H and O–H groups in total. The van der Waals surface area contributed by atoms with Crippen molar-refractivity contribution < 1.29 is 19.0 Å². The number of aromatic nitrogens is 2. The average molecular weight is 480 g/mol. The highest BCUT2D eigenvalue weighted by Gasteiger charge is 2.51. The molecule has 2 amide bonds. The van der Waals surface area contributed by atoms with Gasteiger partial charge in [-0.05, 0) is 48.2 Å².